The van der Waals surface area contributed by atoms with Gasteiger partial charge in [0.1, 0.15) is 0 Å². The number of hydrogen-bond donors (Lipinski definition) is 1. The van der Waals surface area contributed by atoms with Crippen LogP contribution in [0.1, 0.15) is 46.0 Å². The van der Waals surface area contributed by atoms with E-state index in [1.165, 1.54) is 32.1 Å². The van der Waals surface area contributed by atoms with Crippen molar-refractivity contribution in [2.24, 2.45) is 35.0 Å². The van der Waals surface area contributed by atoms with Crippen LogP contribution in [0.3, 0.4) is 0 Å². The van der Waals surface area contributed by atoms with Crippen molar-refractivity contribution in [1.29, 1.82) is 0 Å². The summed E-state index contributed by atoms with van der Waals surface area (Å²) < 4.78 is 0. The zero-order valence-corrected chi connectivity index (χ0v) is 10.1. The second kappa shape index (κ2) is 3.23. The van der Waals surface area contributed by atoms with Crippen molar-refractivity contribution in [3.63, 3.8) is 0 Å². The van der Waals surface area contributed by atoms with Gasteiger partial charge < -0.3 is 5.11 Å². The summed E-state index contributed by atoms with van der Waals surface area (Å²) in [6.45, 7) is 5.35. The quantitative estimate of drug-likeness (QED) is 0.702. The summed E-state index contributed by atoms with van der Waals surface area (Å²) in [4.78, 5) is 0. The number of aliphatic hydroxyl groups excluding tert-OH is 1. The Labute approximate surface area is 93.3 Å². The molecule has 0 aromatic heterocycles. The number of hydrogen-bond acceptors (Lipinski definition) is 1. The summed E-state index contributed by atoms with van der Waals surface area (Å²) in [5, 5.41) is 9.29. The molecule has 3 aliphatic rings. The fraction of sp³-hybridized carbons (Fsp3) is 1.00. The van der Waals surface area contributed by atoms with Crippen LogP contribution in [0, 0.1) is 35.0 Å². The first kappa shape index (κ1) is 10.1. The molecule has 0 aromatic carbocycles. The Morgan fingerprint density at radius 3 is 2.00 bits per heavy atom. The van der Waals surface area contributed by atoms with Gasteiger partial charge in [0, 0.05) is 6.61 Å². The van der Waals surface area contributed by atoms with Crippen molar-refractivity contribution >= 4 is 0 Å². The first-order valence-electron chi connectivity index (χ1n) is 6.70. The molecule has 0 saturated heterocycles. The molecule has 0 spiro atoms. The number of aliphatic hydroxyl groups is 1. The maximum Gasteiger partial charge on any atom is 0.0459 e. The fourth-order valence-corrected chi connectivity index (χ4v) is 5.16. The molecule has 3 aliphatic carbocycles. The van der Waals surface area contributed by atoms with E-state index in [1.54, 1.807) is 0 Å². The van der Waals surface area contributed by atoms with E-state index in [0.29, 0.717) is 17.9 Å². The molecule has 0 heterocycles. The predicted octanol–water partition coefficient (Wildman–Crippen LogP) is 3.08. The molecule has 1 nitrogen and oxygen atoms in total. The highest BCUT2D eigenvalue weighted by atomic mass is 16.3. The molecule has 2 bridgehead atoms. The van der Waals surface area contributed by atoms with Crippen LogP contribution in [0.2, 0.25) is 0 Å². The van der Waals surface area contributed by atoms with Crippen LogP contribution in [0.15, 0.2) is 0 Å². The molecule has 3 saturated carbocycles. The summed E-state index contributed by atoms with van der Waals surface area (Å²) in [6, 6.07) is 0. The summed E-state index contributed by atoms with van der Waals surface area (Å²) in [7, 11) is 0. The lowest BCUT2D eigenvalue weighted by molar-refractivity contribution is 0.138. The minimum atomic E-state index is 0.440. The van der Waals surface area contributed by atoms with Crippen LogP contribution in [0.25, 0.3) is 0 Å². The summed E-state index contributed by atoms with van der Waals surface area (Å²) in [5.74, 6) is 4.61. The maximum absolute atomic E-state index is 9.29. The molecule has 1 heteroatoms. The smallest absolute Gasteiger partial charge is 0.0459 e. The molecule has 3 fully saturated rings. The van der Waals surface area contributed by atoms with E-state index < -0.39 is 0 Å². The topological polar surface area (TPSA) is 20.2 Å². The Morgan fingerprint density at radius 2 is 1.53 bits per heavy atom. The second-order valence-electron chi connectivity index (χ2n) is 7.18. The molecule has 86 valence electrons. The van der Waals surface area contributed by atoms with Crippen LogP contribution in [0.4, 0.5) is 0 Å². The minimum Gasteiger partial charge on any atom is -0.396 e. The molecular weight excluding hydrogens is 184 g/mol. The average molecular weight is 208 g/mol. The van der Waals surface area contributed by atoms with Gasteiger partial charge in [0.2, 0.25) is 0 Å². The van der Waals surface area contributed by atoms with Crippen LogP contribution in [-0.2, 0) is 0 Å². The Morgan fingerprint density at radius 1 is 1.00 bits per heavy atom. The van der Waals surface area contributed by atoms with Crippen molar-refractivity contribution in [2.45, 2.75) is 46.0 Å². The lowest BCUT2D eigenvalue weighted by Crippen LogP contribution is -2.25. The first-order chi connectivity index (χ1) is 7.09. The molecule has 15 heavy (non-hydrogen) atoms. The zero-order valence-electron chi connectivity index (χ0n) is 10.1. The van der Waals surface area contributed by atoms with E-state index in [0.717, 1.165) is 23.7 Å². The van der Waals surface area contributed by atoms with Crippen LogP contribution >= 0.6 is 0 Å². The average Bonchev–Trinajstić information content (AvgIpc) is 2.66. The van der Waals surface area contributed by atoms with Gasteiger partial charge in [0.05, 0.1) is 0 Å². The van der Waals surface area contributed by atoms with Crippen molar-refractivity contribution in [3.05, 3.63) is 0 Å². The van der Waals surface area contributed by atoms with Gasteiger partial charge in [-0.05, 0) is 67.1 Å². The molecule has 4 unspecified atom stereocenters. The third kappa shape index (κ3) is 1.54. The van der Waals surface area contributed by atoms with E-state index >= 15 is 0 Å². The molecular formula is C14H24O. The van der Waals surface area contributed by atoms with Crippen LogP contribution in [-0.4, -0.2) is 11.7 Å². The molecule has 0 aromatic rings. The highest BCUT2D eigenvalue weighted by molar-refractivity contribution is 5.02. The Bertz CT molecular complexity index is 236. The largest absolute Gasteiger partial charge is 0.396 e. The van der Waals surface area contributed by atoms with Gasteiger partial charge in [-0.15, -0.1) is 0 Å². The van der Waals surface area contributed by atoms with E-state index in [4.69, 9.17) is 0 Å². The summed E-state index contributed by atoms with van der Waals surface area (Å²) in [6.07, 6.45) is 7.07. The van der Waals surface area contributed by atoms with Crippen molar-refractivity contribution < 1.29 is 5.11 Å². The number of rotatable bonds is 1. The van der Waals surface area contributed by atoms with Crippen molar-refractivity contribution in [3.8, 4) is 0 Å². The molecule has 0 radical (unpaired) electrons. The Kier molecular flexibility index (Phi) is 2.18. The third-order valence-corrected chi connectivity index (χ3v) is 5.47. The lowest BCUT2D eigenvalue weighted by Gasteiger charge is -2.36. The normalized spacial score (nSPS) is 51.8. The molecule has 1 N–H and O–H groups in total. The van der Waals surface area contributed by atoms with Gasteiger partial charge in [-0.2, -0.15) is 0 Å². The first-order valence-corrected chi connectivity index (χ1v) is 6.70. The Hall–Kier alpha value is -0.0400. The zero-order chi connectivity index (χ0) is 10.6. The van der Waals surface area contributed by atoms with Crippen molar-refractivity contribution in [2.75, 3.05) is 6.61 Å². The summed E-state index contributed by atoms with van der Waals surface area (Å²) >= 11 is 0. The highest BCUT2D eigenvalue weighted by Crippen LogP contribution is 2.61. The van der Waals surface area contributed by atoms with E-state index in [9.17, 15) is 5.11 Å². The van der Waals surface area contributed by atoms with Gasteiger partial charge in [-0.1, -0.05) is 13.8 Å². The van der Waals surface area contributed by atoms with Gasteiger partial charge in [0.25, 0.3) is 0 Å². The van der Waals surface area contributed by atoms with E-state index in [1.807, 2.05) is 0 Å². The van der Waals surface area contributed by atoms with Crippen LogP contribution in [0.5, 0.6) is 0 Å². The standard InChI is InChI=1S/C14H24O/c1-14(2)6-10-5-11(7-14)13-4-9(8-15)3-12(10)13/h9-13,15H,3-8H2,1-2H3. The second-order valence-corrected chi connectivity index (χ2v) is 7.18. The minimum absolute atomic E-state index is 0.440. The monoisotopic (exact) mass is 208 g/mol. The van der Waals surface area contributed by atoms with E-state index in [-0.39, 0.29) is 0 Å². The van der Waals surface area contributed by atoms with Gasteiger partial charge >= 0.3 is 0 Å². The number of fused-ring (bicyclic) bond motifs is 5. The fourth-order valence-electron chi connectivity index (χ4n) is 5.16. The third-order valence-electron chi connectivity index (χ3n) is 5.47. The highest BCUT2D eigenvalue weighted by Gasteiger charge is 2.53. The maximum atomic E-state index is 9.29. The molecule has 0 amide bonds. The SMILES string of the molecule is CC1(C)CC2CC(C1)C1CC(CO)CC21. The molecule has 0 aliphatic heterocycles. The lowest BCUT2D eigenvalue weighted by atomic mass is 9.69. The van der Waals surface area contributed by atoms with Crippen LogP contribution < -0.4 is 0 Å². The van der Waals surface area contributed by atoms with E-state index in [2.05, 4.69) is 13.8 Å². The van der Waals surface area contributed by atoms with Gasteiger partial charge in [-0.3, -0.25) is 0 Å². The molecule has 3 rings (SSSR count). The Balaban J connectivity index is 1.79. The molecule has 4 atom stereocenters. The van der Waals surface area contributed by atoms with Gasteiger partial charge in [0.15, 0.2) is 0 Å². The summed E-state index contributed by atoms with van der Waals surface area (Å²) in [5.41, 5.74) is 0.604. The van der Waals surface area contributed by atoms with Gasteiger partial charge in [-0.25, -0.2) is 0 Å². The predicted molar refractivity (Wildman–Crippen MR) is 61.4 cm³/mol. The van der Waals surface area contributed by atoms with Crippen molar-refractivity contribution in [1.82, 2.24) is 0 Å².